The maximum atomic E-state index is 3.58. The standard InChI is InChI=1S/C10H19BrS/c1-3-10(2,12-11)9-7-5-4-6-8-9/h9H,3-8H2,1-2H3. The average molecular weight is 251 g/mol. The molecule has 1 saturated carbocycles. The second-order valence-corrected chi connectivity index (χ2v) is 6.14. The lowest BCUT2D eigenvalue weighted by molar-refractivity contribution is 0.287. The molecular formula is C10H19BrS. The highest BCUT2D eigenvalue weighted by Crippen LogP contribution is 2.45. The zero-order valence-electron chi connectivity index (χ0n) is 8.11. The van der Waals surface area contributed by atoms with Gasteiger partial charge in [0.05, 0.1) is 0 Å². The van der Waals surface area contributed by atoms with E-state index in [1.807, 2.05) is 10.2 Å². The van der Waals surface area contributed by atoms with Crippen LogP contribution in [-0.2, 0) is 0 Å². The van der Waals surface area contributed by atoms with E-state index in [1.54, 1.807) is 0 Å². The van der Waals surface area contributed by atoms with Crippen LogP contribution >= 0.6 is 25.0 Å². The molecule has 0 aromatic heterocycles. The van der Waals surface area contributed by atoms with Gasteiger partial charge in [0, 0.05) is 4.75 Å². The summed E-state index contributed by atoms with van der Waals surface area (Å²) in [7, 11) is 1.89. The first kappa shape index (κ1) is 10.9. The first-order chi connectivity index (χ1) is 5.73. The highest BCUT2D eigenvalue weighted by Gasteiger charge is 2.33. The quantitative estimate of drug-likeness (QED) is 0.695. The average Bonchev–Trinajstić information content (AvgIpc) is 2.18. The van der Waals surface area contributed by atoms with Gasteiger partial charge in [-0.25, -0.2) is 0 Å². The van der Waals surface area contributed by atoms with E-state index in [0.717, 1.165) is 5.92 Å². The molecule has 0 aromatic rings. The van der Waals surface area contributed by atoms with Crippen molar-refractivity contribution < 1.29 is 0 Å². The van der Waals surface area contributed by atoms with E-state index in [2.05, 4.69) is 28.7 Å². The van der Waals surface area contributed by atoms with E-state index in [0.29, 0.717) is 4.75 Å². The molecule has 0 radical (unpaired) electrons. The van der Waals surface area contributed by atoms with Gasteiger partial charge in [-0.3, -0.25) is 0 Å². The first-order valence-electron chi connectivity index (χ1n) is 5.02. The molecule has 0 nitrogen and oxygen atoms in total. The third-order valence-electron chi connectivity index (χ3n) is 3.35. The van der Waals surface area contributed by atoms with E-state index >= 15 is 0 Å². The van der Waals surface area contributed by atoms with Crippen molar-refractivity contribution >= 4 is 25.0 Å². The molecule has 1 rings (SSSR count). The van der Waals surface area contributed by atoms with E-state index in [9.17, 15) is 0 Å². The molecule has 1 atom stereocenters. The van der Waals surface area contributed by atoms with Crippen LogP contribution in [0.15, 0.2) is 0 Å². The van der Waals surface area contributed by atoms with Gasteiger partial charge in [0.2, 0.25) is 0 Å². The third-order valence-corrected chi connectivity index (χ3v) is 6.54. The fourth-order valence-electron chi connectivity index (χ4n) is 2.12. The predicted molar refractivity (Wildman–Crippen MR) is 61.8 cm³/mol. The van der Waals surface area contributed by atoms with Gasteiger partial charge in [-0.2, -0.15) is 0 Å². The van der Waals surface area contributed by atoms with E-state index in [4.69, 9.17) is 0 Å². The number of hydrogen-bond acceptors (Lipinski definition) is 1. The third kappa shape index (κ3) is 2.41. The zero-order valence-corrected chi connectivity index (χ0v) is 10.5. The number of hydrogen-bond donors (Lipinski definition) is 0. The number of rotatable bonds is 3. The Morgan fingerprint density at radius 3 is 2.33 bits per heavy atom. The summed E-state index contributed by atoms with van der Waals surface area (Å²) in [5.41, 5.74) is 0. The van der Waals surface area contributed by atoms with Gasteiger partial charge in [-0.1, -0.05) is 36.4 Å². The molecule has 0 N–H and O–H groups in total. The molecular weight excluding hydrogens is 232 g/mol. The minimum atomic E-state index is 0.487. The smallest absolute Gasteiger partial charge is 0.0266 e. The fraction of sp³-hybridized carbons (Fsp3) is 1.00. The SMILES string of the molecule is CCC(C)(SBr)C1CCCCC1. The lowest BCUT2D eigenvalue weighted by Gasteiger charge is -2.37. The molecule has 12 heavy (non-hydrogen) atoms. The maximum absolute atomic E-state index is 3.58. The Bertz CT molecular complexity index is 126. The second-order valence-electron chi connectivity index (χ2n) is 4.08. The van der Waals surface area contributed by atoms with Gasteiger partial charge < -0.3 is 0 Å². The normalized spacial score (nSPS) is 25.2. The van der Waals surface area contributed by atoms with Gasteiger partial charge in [-0.05, 0) is 46.9 Å². The van der Waals surface area contributed by atoms with Crippen LogP contribution in [0.5, 0.6) is 0 Å². The molecule has 0 amide bonds. The summed E-state index contributed by atoms with van der Waals surface area (Å²) >= 11 is 3.58. The Balaban J connectivity index is 2.51. The van der Waals surface area contributed by atoms with Crippen molar-refractivity contribution in [2.75, 3.05) is 0 Å². The maximum Gasteiger partial charge on any atom is 0.0266 e. The van der Waals surface area contributed by atoms with E-state index < -0.39 is 0 Å². The summed E-state index contributed by atoms with van der Waals surface area (Å²) in [6.07, 6.45) is 8.55. The van der Waals surface area contributed by atoms with Crippen molar-refractivity contribution in [3.8, 4) is 0 Å². The van der Waals surface area contributed by atoms with Crippen LogP contribution in [0.2, 0.25) is 0 Å². The second kappa shape index (κ2) is 4.90. The van der Waals surface area contributed by atoms with Gasteiger partial charge in [0.15, 0.2) is 0 Å². The Labute approximate surface area is 88.1 Å². The lowest BCUT2D eigenvalue weighted by atomic mass is 9.79. The first-order valence-corrected chi connectivity index (χ1v) is 7.68. The molecule has 72 valence electrons. The van der Waals surface area contributed by atoms with Crippen molar-refractivity contribution in [1.29, 1.82) is 0 Å². The van der Waals surface area contributed by atoms with Crippen molar-refractivity contribution in [3.05, 3.63) is 0 Å². The van der Waals surface area contributed by atoms with Crippen LogP contribution in [0.25, 0.3) is 0 Å². The van der Waals surface area contributed by atoms with Gasteiger partial charge >= 0.3 is 0 Å². The van der Waals surface area contributed by atoms with Crippen LogP contribution in [-0.4, -0.2) is 4.75 Å². The minimum Gasteiger partial charge on any atom is -0.0767 e. The van der Waals surface area contributed by atoms with Crippen molar-refractivity contribution in [3.63, 3.8) is 0 Å². The van der Waals surface area contributed by atoms with Crippen LogP contribution in [0.4, 0.5) is 0 Å². The van der Waals surface area contributed by atoms with Gasteiger partial charge in [-0.15, -0.1) is 0 Å². The van der Waals surface area contributed by atoms with Gasteiger partial charge in [0.1, 0.15) is 0 Å². The van der Waals surface area contributed by atoms with Crippen molar-refractivity contribution in [1.82, 2.24) is 0 Å². The Kier molecular flexibility index (Phi) is 4.45. The summed E-state index contributed by atoms with van der Waals surface area (Å²) in [5.74, 6) is 0.945. The van der Waals surface area contributed by atoms with E-state index in [1.165, 1.54) is 38.5 Å². The molecule has 0 bridgehead atoms. The molecule has 0 aromatic carbocycles. The van der Waals surface area contributed by atoms with Gasteiger partial charge in [0.25, 0.3) is 0 Å². The predicted octanol–water partition coefficient (Wildman–Crippen LogP) is 4.78. The summed E-state index contributed by atoms with van der Waals surface area (Å²) in [6.45, 7) is 4.71. The fourth-order valence-corrected chi connectivity index (χ4v) is 4.07. The highest BCUT2D eigenvalue weighted by atomic mass is 79.9. The topological polar surface area (TPSA) is 0 Å². The lowest BCUT2D eigenvalue weighted by Crippen LogP contribution is -2.30. The molecule has 1 fully saturated rings. The minimum absolute atomic E-state index is 0.487. The number of halogens is 1. The Hall–Kier alpha value is 0.830. The molecule has 2 heteroatoms. The summed E-state index contributed by atoms with van der Waals surface area (Å²) in [5, 5.41) is 0. The molecule has 0 spiro atoms. The summed E-state index contributed by atoms with van der Waals surface area (Å²) in [4.78, 5) is 0. The molecule has 1 unspecified atom stereocenters. The van der Waals surface area contributed by atoms with Crippen LogP contribution < -0.4 is 0 Å². The van der Waals surface area contributed by atoms with Crippen molar-refractivity contribution in [2.45, 2.75) is 57.1 Å². The zero-order chi connectivity index (χ0) is 9.03. The Morgan fingerprint density at radius 1 is 1.33 bits per heavy atom. The molecule has 1 aliphatic carbocycles. The Morgan fingerprint density at radius 2 is 1.92 bits per heavy atom. The van der Waals surface area contributed by atoms with Crippen LogP contribution in [0.1, 0.15) is 52.4 Å². The summed E-state index contributed by atoms with van der Waals surface area (Å²) in [6, 6.07) is 0. The van der Waals surface area contributed by atoms with Crippen molar-refractivity contribution in [2.24, 2.45) is 5.92 Å². The molecule has 1 aliphatic rings. The van der Waals surface area contributed by atoms with Crippen LogP contribution in [0.3, 0.4) is 0 Å². The molecule has 0 aliphatic heterocycles. The summed E-state index contributed by atoms with van der Waals surface area (Å²) < 4.78 is 0.487. The monoisotopic (exact) mass is 250 g/mol. The molecule has 0 heterocycles. The van der Waals surface area contributed by atoms with Crippen LogP contribution in [0, 0.1) is 5.92 Å². The molecule has 0 saturated heterocycles. The largest absolute Gasteiger partial charge is 0.0767 e. The highest BCUT2D eigenvalue weighted by molar-refractivity contribution is 9.50. The van der Waals surface area contributed by atoms with E-state index in [-0.39, 0.29) is 0 Å².